The van der Waals surface area contributed by atoms with Crippen molar-refractivity contribution in [1.82, 2.24) is 0 Å². The third kappa shape index (κ3) is 2.80. The van der Waals surface area contributed by atoms with E-state index < -0.39 is 0 Å². The summed E-state index contributed by atoms with van der Waals surface area (Å²) in [4.78, 5) is 0. The Hall–Kier alpha value is -0.380. The predicted molar refractivity (Wildman–Crippen MR) is 66.9 cm³/mol. The highest BCUT2D eigenvalue weighted by molar-refractivity contribution is 9.10. The first kappa shape index (κ1) is 12.7. The van der Waals surface area contributed by atoms with E-state index in [0.717, 1.165) is 17.3 Å². The summed E-state index contributed by atoms with van der Waals surface area (Å²) in [6.45, 7) is 2.87. The smallest absolute Gasteiger partial charge is 0.0440 e. The summed E-state index contributed by atoms with van der Waals surface area (Å²) < 4.78 is 1.07. The van der Waals surface area contributed by atoms with Crippen molar-refractivity contribution in [3.05, 3.63) is 34.3 Å². The van der Waals surface area contributed by atoms with Crippen LogP contribution in [-0.4, -0.2) is 18.3 Å². The van der Waals surface area contributed by atoms with Crippen LogP contribution in [0.25, 0.3) is 0 Å². The van der Waals surface area contributed by atoms with Crippen molar-refractivity contribution in [2.24, 2.45) is 5.73 Å². The minimum absolute atomic E-state index is 0.0740. The van der Waals surface area contributed by atoms with E-state index in [2.05, 4.69) is 35.0 Å². The van der Waals surface area contributed by atoms with E-state index in [4.69, 9.17) is 10.8 Å². The van der Waals surface area contributed by atoms with Gasteiger partial charge in [0, 0.05) is 23.0 Å². The Labute approximate surface area is 99.6 Å². The first-order chi connectivity index (χ1) is 7.18. The molecule has 0 radical (unpaired) electrons. The zero-order valence-corrected chi connectivity index (χ0v) is 10.6. The van der Waals surface area contributed by atoms with E-state index in [-0.39, 0.29) is 12.0 Å². The van der Waals surface area contributed by atoms with Gasteiger partial charge in [-0.3, -0.25) is 0 Å². The lowest BCUT2D eigenvalue weighted by Crippen LogP contribution is -2.35. The van der Waals surface area contributed by atoms with Crippen LogP contribution in [0.5, 0.6) is 0 Å². The molecule has 0 saturated carbocycles. The lowest BCUT2D eigenvalue weighted by molar-refractivity contribution is 0.234. The van der Waals surface area contributed by atoms with Crippen LogP contribution >= 0.6 is 15.9 Å². The van der Waals surface area contributed by atoms with Gasteiger partial charge in [-0.05, 0) is 30.5 Å². The number of hydrogen-bond donors (Lipinski definition) is 2. The van der Waals surface area contributed by atoms with Crippen LogP contribution in [0.4, 0.5) is 0 Å². The molecule has 1 aromatic carbocycles. The topological polar surface area (TPSA) is 46.2 Å². The lowest BCUT2D eigenvalue weighted by atomic mass is 9.76. The van der Waals surface area contributed by atoms with E-state index in [1.807, 2.05) is 12.1 Å². The summed E-state index contributed by atoms with van der Waals surface area (Å²) in [6, 6.07) is 8.20. The molecule has 0 bridgehead atoms. The largest absolute Gasteiger partial charge is 0.396 e. The van der Waals surface area contributed by atoms with Crippen LogP contribution in [0.15, 0.2) is 28.7 Å². The molecule has 0 aliphatic carbocycles. The minimum atomic E-state index is -0.0740. The molecule has 1 atom stereocenters. The van der Waals surface area contributed by atoms with Crippen molar-refractivity contribution in [2.75, 3.05) is 13.2 Å². The normalized spacial score (nSPS) is 14.9. The molecule has 1 aromatic rings. The molecular formula is C12H18BrNO. The van der Waals surface area contributed by atoms with Gasteiger partial charge in [0.2, 0.25) is 0 Å². The second-order valence-corrected chi connectivity index (χ2v) is 4.73. The number of aliphatic hydroxyl groups is 1. The Balaban J connectivity index is 3.02. The van der Waals surface area contributed by atoms with E-state index >= 15 is 0 Å². The highest BCUT2D eigenvalue weighted by Crippen LogP contribution is 2.31. The number of hydrogen-bond acceptors (Lipinski definition) is 2. The lowest BCUT2D eigenvalue weighted by Gasteiger charge is -2.31. The van der Waals surface area contributed by atoms with Crippen molar-refractivity contribution in [3.63, 3.8) is 0 Å². The van der Waals surface area contributed by atoms with Gasteiger partial charge in [0.15, 0.2) is 0 Å². The molecule has 0 spiro atoms. The number of rotatable bonds is 5. The predicted octanol–water partition coefficient (Wildman–Crippen LogP) is 2.44. The van der Waals surface area contributed by atoms with Gasteiger partial charge in [0.25, 0.3) is 0 Å². The van der Waals surface area contributed by atoms with Crippen LogP contribution in [-0.2, 0) is 5.41 Å². The van der Waals surface area contributed by atoms with Crippen molar-refractivity contribution in [1.29, 1.82) is 0 Å². The fourth-order valence-corrected chi connectivity index (χ4v) is 2.17. The highest BCUT2D eigenvalue weighted by atomic mass is 79.9. The van der Waals surface area contributed by atoms with Gasteiger partial charge in [-0.25, -0.2) is 0 Å². The summed E-state index contributed by atoms with van der Waals surface area (Å²) in [5, 5.41) is 9.12. The van der Waals surface area contributed by atoms with E-state index in [1.165, 1.54) is 5.56 Å². The van der Waals surface area contributed by atoms with Crippen LogP contribution in [0.3, 0.4) is 0 Å². The quantitative estimate of drug-likeness (QED) is 0.864. The van der Waals surface area contributed by atoms with Gasteiger partial charge in [-0.15, -0.1) is 0 Å². The van der Waals surface area contributed by atoms with Crippen LogP contribution in [0.2, 0.25) is 0 Å². The molecule has 0 heterocycles. The molecular weight excluding hydrogens is 254 g/mol. The molecule has 84 valence electrons. The van der Waals surface area contributed by atoms with Crippen LogP contribution in [0, 0.1) is 0 Å². The third-order valence-electron chi connectivity index (χ3n) is 3.11. The van der Waals surface area contributed by atoms with Gasteiger partial charge in [0.05, 0.1) is 0 Å². The maximum Gasteiger partial charge on any atom is 0.0440 e. The minimum Gasteiger partial charge on any atom is -0.396 e. The van der Waals surface area contributed by atoms with Crippen molar-refractivity contribution >= 4 is 15.9 Å². The molecule has 1 rings (SSSR count). The molecule has 2 nitrogen and oxygen atoms in total. The van der Waals surface area contributed by atoms with Gasteiger partial charge in [0.1, 0.15) is 0 Å². The van der Waals surface area contributed by atoms with E-state index in [9.17, 15) is 0 Å². The first-order valence-corrected chi connectivity index (χ1v) is 6.05. The molecule has 15 heavy (non-hydrogen) atoms. The number of aliphatic hydroxyl groups excluding tert-OH is 1. The summed E-state index contributed by atoms with van der Waals surface area (Å²) >= 11 is 3.41. The van der Waals surface area contributed by atoms with Crippen molar-refractivity contribution < 1.29 is 5.11 Å². The second-order valence-electron chi connectivity index (χ2n) is 3.82. The summed E-state index contributed by atoms with van der Waals surface area (Å²) in [5.74, 6) is 0. The zero-order valence-electron chi connectivity index (χ0n) is 9.04. The molecule has 0 aliphatic rings. The molecule has 0 amide bonds. The third-order valence-corrected chi connectivity index (χ3v) is 3.64. The number of nitrogens with two attached hydrogens (primary N) is 1. The SMILES string of the molecule is CCC(CN)(CCO)c1ccc(Br)cc1. The van der Waals surface area contributed by atoms with Gasteiger partial charge < -0.3 is 10.8 Å². The molecule has 0 aromatic heterocycles. The fourth-order valence-electron chi connectivity index (χ4n) is 1.91. The maximum atomic E-state index is 9.12. The van der Waals surface area contributed by atoms with Crippen molar-refractivity contribution in [2.45, 2.75) is 25.2 Å². The summed E-state index contributed by atoms with van der Waals surface area (Å²) in [5.41, 5.74) is 6.99. The van der Waals surface area contributed by atoms with Crippen LogP contribution in [0.1, 0.15) is 25.3 Å². The summed E-state index contributed by atoms with van der Waals surface area (Å²) in [7, 11) is 0. The fraction of sp³-hybridized carbons (Fsp3) is 0.500. The Bertz CT molecular complexity index is 293. The summed E-state index contributed by atoms with van der Waals surface area (Å²) in [6.07, 6.45) is 1.67. The Kier molecular flexibility index (Phi) is 4.77. The van der Waals surface area contributed by atoms with Gasteiger partial charge in [-0.1, -0.05) is 35.0 Å². The average molecular weight is 272 g/mol. The highest BCUT2D eigenvalue weighted by Gasteiger charge is 2.27. The van der Waals surface area contributed by atoms with Gasteiger partial charge in [-0.2, -0.15) is 0 Å². The van der Waals surface area contributed by atoms with Crippen LogP contribution < -0.4 is 5.73 Å². The molecule has 0 fully saturated rings. The Morgan fingerprint density at radius 3 is 2.33 bits per heavy atom. The molecule has 1 unspecified atom stereocenters. The van der Waals surface area contributed by atoms with E-state index in [0.29, 0.717) is 6.54 Å². The van der Waals surface area contributed by atoms with E-state index in [1.54, 1.807) is 0 Å². The van der Waals surface area contributed by atoms with Crippen molar-refractivity contribution in [3.8, 4) is 0 Å². The Morgan fingerprint density at radius 1 is 1.33 bits per heavy atom. The Morgan fingerprint density at radius 2 is 1.93 bits per heavy atom. The average Bonchev–Trinajstić information content (AvgIpc) is 2.27. The maximum absolute atomic E-state index is 9.12. The zero-order chi connectivity index (χ0) is 11.3. The molecule has 0 saturated heterocycles. The first-order valence-electron chi connectivity index (χ1n) is 5.25. The number of halogens is 1. The monoisotopic (exact) mass is 271 g/mol. The molecule has 3 N–H and O–H groups in total. The second kappa shape index (κ2) is 5.64. The number of benzene rings is 1. The standard InChI is InChI=1S/C12H18BrNO/c1-2-12(9-14,7-8-15)10-3-5-11(13)6-4-10/h3-6,15H,2,7-9,14H2,1H3. The molecule has 0 aliphatic heterocycles. The molecule has 3 heteroatoms. The van der Waals surface area contributed by atoms with Gasteiger partial charge >= 0.3 is 0 Å².